The van der Waals surface area contributed by atoms with Gasteiger partial charge in [-0.15, -0.1) is 5.10 Å². The van der Waals surface area contributed by atoms with E-state index in [1.54, 1.807) is 0 Å². The number of hydrogen-bond donors (Lipinski definition) is 0. The van der Waals surface area contributed by atoms with E-state index in [4.69, 9.17) is 0 Å². The lowest BCUT2D eigenvalue weighted by molar-refractivity contribution is 0.202. The van der Waals surface area contributed by atoms with Gasteiger partial charge in [0.05, 0.1) is 11.7 Å². The number of hydrogen-bond acceptors (Lipinski definition) is 5. The lowest BCUT2D eigenvalue weighted by Gasteiger charge is -2.31. The first kappa shape index (κ1) is 18.7. The standard InChI is InChI=1S/C22H28N6/c1-2-27(17-18-11-5-3-6-12-18)21(20-15-9-10-16-23-20)22-24-25-26-28(22)19-13-7-4-8-14-19/h3,5-6,9-12,15-16,19,21H,2,4,7-8,13-14,17H2,1H3/t21-/m0/s1. The number of nitrogens with zero attached hydrogens (tertiary/aromatic N) is 6. The molecule has 2 heterocycles. The smallest absolute Gasteiger partial charge is 0.174 e. The molecule has 2 aromatic heterocycles. The summed E-state index contributed by atoms with van der Waals surface area (Å²) < 4.78 is 2.08. The zero-order valence-corrected chi connectivity index (χ0v) is 16.5. The van der Waals surface area contributed by atoms with E-state index in [9.17, 15) is 0 Å². The second kappa shape index (κ2) is 9.06. The summed E-state index contributed by atoms with van der Waals surface area (Å²) in [6.45, 7) is 3.90. The van der Waals surface area contributed by atoms with Gasteiger partial charge in [0.2, 0.25) is 0 Å². The molecule has 0 N–H and O–H groups in total. The Morgan fingerprint density at radius 2 is 1.82 bits per heavy atom. The van der Waals surface area contributed by atoms with Gasteiger partial charge in [0.15, 0.2) is 5.82 Å². The first-order chi connectivity index (χ1) is 13.9. The molecule has 0 aliphatic heterocycles. The molecule has 1 saturated carbocycles. The highest BCUT2D eigenvalue weighted by Gasteiger charge is 2.31. The van der Waals surface area contributed by atoms with Crippen molar-refractivity contribution in [1.82, 2.24) is 30.1 Å². The molecule has 0 spiro atoms. The van der Waals surface area contributed by atoms with Crippen LogP contribution >= 0.6 is 0 Å². The average Bonchev–Trinajstić information content (AvgIpc) is 3.25. The maximum absolute atomic E-state index is 4.68. The van der Waals surface area contributed by atoms with Gasteiger partial charge in [0.1, 0.15) is 6.04 Å². The van der Waals surface area contributed by atoms with Crippen molar-refractivity contribution < 1.29 is 0 Å². The summed E-state index contributed by atoms with van der Waals surface area (Å²) in [6, 6.07) is 17.0. The van der Waals surface area contributed by atoms with Crippen molar-refractivity contribution in [3.05, 3.63) is 71.8 Å². The van der Waals surface area contributed by atoms with Crippen LogP contribution in [0.1, 0.15) is 68.2 Å². The molecule has 0 radical (unpaired) electrons. The molecule has 0 amide bonds. The van der Waals surface area contributed by atoms with Gasteiger partial charge in [-0.2, -0.15) is 0 Å². The van der Waals surface area contributed by atoms with Gasteiger partial charge in [-0.05, 0) is 47.5 Å². The van der Waals surface area contributed by atoms with Gasteiger partial charge in [0.25, 0.3) is 0 Å². The minimum Gasteiger partial charge on any atom is -0.284 e. The molecule has 28 heavy (non-hydrogen) atoms. The molecule has 1 aliphatic carbocycles. The van der Waals surface area contributed by atoms with Gasteiger partial charge in [-0.25, -0.2) is 4.68 Å². The van der Waals surface area contributed by atoms with Gasteiger partial charge in [-0.3, -0.25) is 9.88 Å². The van der Waals surface area contributed by atoms with Crippen LogP contribution in [0.5, 0.6) is 0 Å². The SMILES string of the molecule is CCN(Cc1ccccc1)[C@@H](c1ccccn1)c1nnnn1C1CCCCC1. The fourth-order valence-electron chi connectivity index (χ4n) is 4.19. The van der Waals surface area contributed by atoms with Crippen LogP contribution in [0.3, 0.4) is 0 Å². The summed E-state index contributed by atoms with van der Waals surface area (Å²) >= 11 is 0. The maximum Gasteiger partial charge on any atom is 0.174 e. The predicted molar refractivity (Wildman–Crippen MR) is 109 cm³/mol. The largest absolute Gasteiger partial charge is 0.284 e. The minimum absolute atomic E-state index is 0.0664. The molecule has 3 aromatic rings. The fourth-order valence-corrected chi connectivity index (χ4v) is 4.19. The number of tetrazole rings is 1. The summed E-state index contributed by atoms with van der Waals surface area (Å²) in [5.41, 5.74) is 2.27. The lowest BCUT2D eigenvalue weighted by atomic mass is 9.95. The molecule has 4 rings (SSSR count). The Balaban J connectivity index is 1.71. The topological polar surface area (TPSA) is 59.7 Å². The van der Waals surface area contributed by atoms with Gasteiger partial charge < -0.3 is 0 Å². The van der Waals surface area contributed by atoms with Crippen LogP contribution < -0.4 is 0 Å². The third-order valence-electron chi connectivity index (χ3n) is 5.65. The zero-order valence-electron chi connectivity index (χ0n) is 16.5. The van der Waals surface area contributed by atoms with Crippen LogP contribution in [-0.2, 0) is 6.54 Å². The highest BCUT2D eigenvalue weighted by atomic mass is 15.6. The number of aromatic nitrogens is 5. The van der Waals surface area contributed by atoms with Crippen molar-refractivity contribution in [1.29, 1.82) is 0 Å². The number of pyridine rings is 1. The van der Waals surface area contributed by atoms with Crippen molar-refractivity contribution in [2.45, 2.75) is 57.7 Å². The van der Waals surface area contributed by atoms with E-state index in [0.29, 0.717) is 6.04 Å². The molecule has 0 unspecified atom stereocenters. The molecular formula is C22H28N6. The van der Waals surface area contributed by atoms with E-state index in [1.165, 1.54) is 24.8 Å². The second-order valence-electron chi connectivity index (χ2n) is 7.48. The van der Waals surface area contributed by atoms with Crippen LogP contribution in [0.15, 0.2) is 54.7 Å². The first-order valence-electron chi connectivity index (χ1n) is 10.3. The lowest BCUT2D eigenvalue weighted by Crippen LogP contribution is -2.33. The highest BCUT2D eigenvalue weighted by molar-refractivity contribution is 5.20. The molecule has 146 valence electrons. The van der Waals surface area contributed by atoms with Crippen molar-refractivity contribution in [3.63, 3.8) is 0 Å². The van der Waals surface area contributed by atoms with Gasteiger partial charge >= 0.3 is 0 Å². The highest BCUT2D eigenvalue weighted by Crippen LogP contribution is 2.33. The van der Waals surface area contributed by atoms with E-state index in [-0.39, 0.29) is 6.04 Å². The van der Waals surface area contributed by atoms with E-state index in [1.807, 2.05) is 18.3 Å². The van der Waals surface area contributed by atoms with Crippen LogP contribution in [0.25, 0.3) is 0 Å². The summed E-state index contributed by atoms with van der Waals surface area (Å²) in [6.07, 6.45) is 7.97. The van der Waals surface area contributed by atoms with Crippen molar-refractivity contribution in [2.75, 3.05) is 6.54 Å². The van der Waals surface area contributed by atoms with Gasteiger partial charge in [-0.1, -0.05) is 62.6 Å². The number of rotatable bonds is 7. The Labute approximate surface area is 166 Å². The third-order valence-corrected chi connectivity index (χ3v) is 5.65. The monoisotopic (exact) mass is 376 g/mol. The molecule has 0 saturated heterocycles. The van der Waals surface area contributed by atoms with Crippen molar-refractivity contribution in [3.8, 4) is 0 Å². The third kappa shape index (κ3) is 4.12. The van der Waals surface area contributed by atoms with E-state index < -0.39 is 0 Å². The molecule has 1 aliphatic rings. The zero-order chi connectivity index (χ0) is 19.2. The summed E-state index contributed by atoms with van der Waals surface area (Å²) in [7, 11) is 0. The van der Waals surface area contributed by atoms with Crippen LogP contribution in [0.4, 0.5) is 0 Å². The normalized spacial score (nSPS) is 16.4. The Morgan fingerprint density at radius 3 is 2.54 bits per heavy atom. The molecule has 6 nitrogen and oxygen atoms in total. The van der Waals surface area contributed by atoms with Gasteiger partial charge in [0, 0.05) is 12.7 Å². The molecular weight excluding hydrogens is 348 g/mol. The molecule has 0 bridgehead atoms. The first-order valence-corrected chi connectivity index (χ1v) is 10.3. The van der Waals surface area contributed by atoms with Crippen molar-refractivity contribution in [2.24, 2.45) is 0 Å². The van der Waals surface area contributed by atoms with Crippen LogP contribution in [0, 0.1) is 0 Å². The van der Waals surface area contributed by atoms with Crippen molar-refractivity contribution >= 4 is 0 Å². The second-order valence-corrected chi connectivity index (χ2v) is 7.48. The fraction of sp³-hybridized carbons (Fsp3) is 0.455. The summed E-state index contributed by atoms with van der Waals surface area (Å²) in [5.74, 6) is 0.906. The average molecular weight is 377 g/mol. The summed E-state index contributed by atoms with van der Waals surface area (Å²) in [5, 5.41) is 13.0. The molecule has 1 fully saturated rings. The Kier molecular flexibility index (Phi) is 6.07. The van der Waals surface area contributed by atoms with E-state index in [0.717, 1.165) is 37.4 Å². The predicted octanol–water partition coefficient (Wildman–Crippen LogP) is 4.18. The van der Waals surface area contributed by atoms with E-state index >= 15 is 0 Å². The number of benzene rings is 1. The van der Waals surface area contributed by atoms with Crippen LogP contribution in [0.2, 0.25) is 0 Å². The molecule has 1 atom stereocenters. The maximum atomic E-state index is 4.68. The summed E-state index contributed by atoms with van der Waals surface area (Å²) in [4.78, 5) is 7.09. The quantitative estimate of drug-likeness (QED) is 0.619. The Hall–Kier alpha value is -2.60. The Bertz CT molecular complexity index is 842. The minimum atomic E-state index is -0.0664. The Morgan fingerprint density at radius 1 is 1.04 bits per heavy atom. The molecule has 6 heteroatoms. The van der Waals surface area contributed by atoms with E-state index in [2.05, 4.69) is 73.4 Å². The molecule has 1 aromatic carbocycles. The van der Waals surface area contributed by atoms with Crippen LogP contribution in [-0.4, -0.2) is 36.6 Å².